The number of fused-ring (bicyclic) bond motifs is 1. The van der Waals surface area contributed by atoms with E-state index in [1.165, 1.54) is 17.0 Å². The van der Waals surface area contributed by atoms with Crippen molar-refractivity contribution in [1.82, 2.24) is 10.2 Å². The van der Waals surface area contributed by atoms with Crippen LogP contribution in [0.1, 0.15) is 36.9 Å². The number of carboxylic acid groups (broad SMARTS) is 1. The van der Waals surface area contributed by atoms with E-state index in [-0.39, 0.29) is 18.1 Å². The highest BCUT2D eigenvalue weighted by atomic mass is 79.9. The zero-order valence-electron chi connectivity index (χ0n) is 17.6. The Morgan fingerprint density at radius 3 is 2.34 bits per heavy atom. The molecule has 2 aromatic carbocycles. The number of amides is 2. The molecule has 3 N–H and O–H groups in total. The van der Waals surface area contributed by atoms with Gasteiger partial charge in [0.1, 0.15) is 11.3 Å². The lowest BCUT2D eigenvalue weighted by molar-refractivity contribution is -0.151. The predicted molar refractivity (Wildman–Crippen MR) is 121 cm³/mol. The Labute approximate surface area is 194 Å². The van der Waals surface area contributed by atoms with E-state index >= 15 is 0 Å². The van der Waals surface area contributed by atoms with Crippen molar-refractivity contribution in [1.29, 1.82) is 0 Å². The molecule has 8 heteroatoms. The van der Waals surface area contributed by atoms with E-state index in [0.717, 1.165) is 16.5 Å². The summed E-state index contributed by atoms with van der Waals surface area (Å²) in [4.78, 5) is 40.8. The average Bonchev–Trinajstić information content (AvgIpc) is 3.23. The molecule has 0 radical (unpaired) electrons. The number of phenolic OH excluding ortho intramolecular Hbond substituents is 1. The van der Waals surface area contributed by atoms with Crippen molar-refractivity contribution in [2.45, 2.75) is 37.8 Å². The van der Waals surface area contributed by atoms with Gasteiger partial charge in [-0.2, -0.15) is 0 Å². The summed E-state index contributed by atoms with van der Waals surface area (Å²) in [5, 5.41) is 23.2. The number of likely N-dealkylation sites (tertiary alicyclic amines) is 1. The van der Waals surface area contributed by atoms with Gasteiger partial charge in [-0.15, -0.1) is 0 Å². The maximum absolute atomic E-state index is 13.5. The van der Waals surface area contributed by atoms with Crippen LogP contribution in [-0.2, 0) is 20.8 Å². The standard InChI is InChI=1S/C24H25BrN2O5/c1-2-3-12-27-21(29)18-19(22(27)30)24(23(31)32,13-14-4-10-17(28)11-5-14)26-20(18)15-6-8-16(25)9-7-15/h4-11,18-20,26,28H,2-3,12-13H2,1H3,(H,31,32). The number of aliphatic carboxylic acids is 1. The van der Waals surface area contributed by atoms with Crippen LogP contribution in [0.4, 0.5) is 0 Å². The van der Waals surface area contributed by atoms with E-state index in [4.69, 9.17) is 0 Å². The van der Waals surface area contributed by atoms with Crippen LogP contribution in [0.5, 0.6) is 5.75 Å². The second-order valence-electron chi connectivity index (χ2n) is 8.48. The van der Waals surface area contributed by atoms with Crippen molar-refractivity contribution in [3.05, 3.63) is 64.1 Å². The van der Waals surface area contributed by atoms with Crippen molar-refractivity contribution in [3.63, 3.8) is 0 Å². The van der Waals surface area contributed by atoms with Gasteiger partial charge in [-0.05, 0) is 41.8 Å². The fraction of sp³-hybridized carbons (Fsp3) is 0.375. The Balaban J connectivity index is 1.81. The van der Waals surface area contributed by atoms with Crippen LogP contribution in [0, 0.1) is 11.8 Å². The number of nitrogens with one attached hydrogen (secondary N) is 1. The zero-order valence-corrected chi connectivity index (χ0v) is 19.2. The number of rotatable bonds is 7. The van der Waals surface area contributed by atoms with Crippen molar-refractivity contribution in [2.24, 2.45) is 11.8 Å². The highest BCUT2D eigenvalue weighted by Gasteiger charge is 2.68. The highest BCUT2D eigenvalue weighted by molar-refractivity contribution is 9.10. The average molecular weight is 501 g/mol. The molecule has 2 heterocycles. The summed E-state index contributed by atoms with van der Waals surface area (Å²) in [5.74, 6) is -3.66. The molecule has 0 bridgehead atoms. The number of carboxylic acids is 1. The second-order valence-corrected chi connectivity index (χ2v) is 9.39. The quantitative estimate of drug-likeness (QED) is 0.503. The molecule has 0 aromatic heterocycles. The Kier molecular flexibility index (Phi) is 6.09. The molecule has 32 heavy (non-hydrogen) atoms. The number of phenols is 1. The summed E-state index contributed by atoms with van der Waals surface area (Å²) < 4.78 is 0.864. The minimum atomic E-state index is -1.65. The van der Waals surface area contributed by atoms with Gasteiger partial charge in [0.2, 0.25) is 11.8 Å². The fourth-order valence-corrected chi connectivity index (χ4v) is 5.19. The summed E-state index contributed by atoms with van der Waals surface area (Å²) in [7, 11) is 0. The Morgan fingerprint density at radius 1 is 1.09 bits per heavy atom. The Bertz CT molecular complexity index is 1040. The molecular weight excluding hydrogens is 476 g/mol. The molecule has 0 saturated carbocycles. The molecule has 4 atom stereocenters. The summed E-state index contributed by atoms with van der Waals surface area (Å²) in [5.41, 5.74) is -0.233. The van der Waals surface area contributed by atoms with Crippen LogP contribution >= 0.6 is 15.9 Å². The number of hydrogen-bond acceptors (Lipinski definition) is 5. The predicted octanol–water partition coefficient (Wildman–Crippen LogP) is 3.27. The number of aromatic hydroxyl groups is 1. The highest BCUT2D eigenvalue weighted by Crippen LogP contribution is 2.50. The lowest BCUT2D eigenvalue weighted by atomic mass is 9.76. The lowest BCUT2D eigenvalue weighted by Crippen LogP contribution is -2.57. The van der Waals surface area contributed by atoms with Gasteiger partial charge in [0.05, 0.1) is 11.8 Å². The maximum atomic E-state index is 13.5. The van der Waals surface area contributed by atoms with Gasteiger partial charge < -0.3 is 10.2 Å². The third kappa shape index (κ3) is 3.71. The number of benzene rings is 2. The fourth-order valence-electron chi connectivity index (χ4n) is 4.93. The molecule has 2 amide bonds. The van der Waals surface area contributed by atoms with Crippen molar-refractivity contribution < 1.29 is 24.6 Å². The normalized spacial score (nSPS) is 27.1. The van der Waals surface area contributed by atoms with Crippen molar-refractivity contribution in [3.8, 4) is 5.75 Å². The minimum Gasteiger partial charge on any atom is -0.508 e. The van der Waals surface area contributed by atoms with E-state index in [0.29, 0.717) is 18.5 Å². The molecule has 4 rings (SSSR count). The van der Waals surface area contributed by atoms with Gasteiger partial charge in [-0.3, -0.25) is 24.6 Å². The number of carbonyl (C=O) groups excluding carboxylic acids is 2. The smallest absolute Gasteiger partial charge is 0.325 e. The van der Waals surface area contributed by atoms with E-state index in [1.54, 1.807) is 12.1 Å². The first-order valence-corrected chi connectivity index (χ1v) is 11.5. The van der Waals surface area contributed by atoms with Gasteiger partial charge in [-0.1, -0.05) is 53.5 Å². The molecule has 168 valence electrons. The number of carbonyl (C=O) groups is 3. The molecule has 2 aliphatic rings. The second kappa shape index (κ2) is 8.67. The van der Waals surface area contributed by atoms with E-state index in [1.807, 2.05) is 31.2 Å². The maximum Gasteiger partial charge on any atom is 0.325 e. The monoisotopic (exact) mass is 500 g/mol. The number of hydrogen-bond donors (Lipinski definition) is 3. The van der Waals surface area contributed by atoms with Gasteiger partial charge in [0.15, 0.2) is 0 Å². The molecule has 2 aliphatic heterocycles. The third-order valence-corrected chi connectivity index (χ3v) is 7.04. The molecule has 4 unspecified atom stereocenters. The first-order valence-electron chi connectivity index (χ1n) is 10.7. The van der Waals surface area contributed by atoms with E-state index in [9.17, 15) is 24.6 Å². The van der Waals surface area contributed by atoms with E-state index in [2.05, 4.69) is 21.2 Å². The van der Waals surface area contributed by atoms with Crippen LogP contribution in [0.15, 0.2) is 53.0 Å². The minimum absolute atomic E-state index is 0.0114. The topological polar surface area (TPSA) is 107 Å². The van der Waals surface area contributed by atoms with Crippen molar-refractivity contribution in [2.75, 3.05) is 6.54 Å². The summed E-state index contributed by atoms with van der Waals surface area (Å²) in [6.07, 6.45) is 1.50. The molecule has 0 aliphatic carbocycles. The van der Waals surface area contributed by atoms with Gasteiger partial charge in [0, 0.05) is 23.5 Å². The van der Waals surface area contributed by atoms with Crippen LogP contribution in [-0.4, -0.2) is 45.0 Å². The third-order valence-electron chi connectivity index (χ3n) is 6.51. The summed E-state index contributed by atoms with van der Waals surface area (Å²) >= 11 is 3.40. The molecule has 7 nitrogen and oxygen atoms in total. The molecule has 2 saturated heterocycles. The van der Waals surface area contributed by atoms with Crippen LogP contribution in [0.2, 0.25) is 0 Å². The van der Waals surface area contributed by atoms with Crippen molar-refractivity contribution >= 4 is 33.7 Å². The Morgan fingerprint density at radius 2 is 1.75 bits per heavy atom. The SMILES string of the molecule is CCCCN1C(=O)C2C(c3ccc(Br)cc3)NC(Cc3ccc(O)cc3)(C(=O)O)C2C1=O. The van der Waals surface area contributed by atoms with Crippen LogP contribution < -0.4 is 5.32 Å². The van der Waals surface area contributed by atoms with Crippen LogP contribution in [0.3, 0.4) is 0 Å². The number of imide groups is 1. The lowest BCUT2D eigenvalue weighted by Gasteiger charge is -2.31. The summed E-state index contributed by atoms with van der Waals surface area (Å²) in [6.45, 7) is 2.27. The first kappa shape index (κ1) is 22.5. The van der Waals surface area contributed by atoms with Gasteiger partial charge in [0.25, 0.3) is 0 Å². The Hall–Kier alpha value is -2.71. The number of unbranched alkanes of at least 4 members (excludes halogenated alkanes) is 1. The molecular formula is C24H25BrN2O5. The first-order chi connectivity index (χ1) is 15.3. The molecule has 2 fully saturated rings. The van der Waals surface area contributed by atoms with Gasteiger partial charge >= 0.3 is 5.97 Å². The number of nitrogens with zero attached hydrogens (tertiary/aromatic N) is 1. The molecule has 2 aromatic rings. The number of halogens is 1. The van der Waals surface area contributed by atoms with E-state index < -0.39 is 35.3 Å². The zero-order chi connectivity index (χ0) is 23.0. The van der Waals surface area contributed by atoms with Crippen LogP contribution in [0.25, 0.3) is 0 Å². The van der Waals surface area contributed by atoms with Gasteiger partial charge in [-0.25, -0.2) is 0 Å². The largest absolute Gasteiger partial charge is 0.508 e. The summed E-state index contributed by atoms with van der Waals surface area (Å²) in [6, 6.07) is 13.0. The molecule has 0 spiro atoms.